The van der Waals surface area contributed by atoms with Crippen LogP contribution in [-0.2, 0) is 0 Å². The van der Waals surface area contributed by atoms with E-state index in [1.54, 1.807) is 44.6 Å². The van der Waals surface area contributed by atoms with Crippen LogP contribution in [-0.4, -0.2) is 60.1 Å². The Morgan fingerprint density at radius 1 is 1.06 bits per heavy atom. The summed E-state index contributed by atoms with van der Waals surface area (Å²) in [7, 11) is 3.13. The molecule has 184 valence electrons. The van der Waals surface area contributed by atoms with Gasteiger partial charge in [0.05, 0.1) is 20.8 Å². The quantitative estimate of drug-likeness (QED) is 0.356. The number of ether oxygens (including phenoxy) is 3. The fourth-order valence-corrected chi connectivity index (χ4v) is 3.55. The van der Waals surface area contributed by atoms with Gasteiger partial charge in [0.1, 0.15) is 11.5 Å². The van der Waals surface area contributed by atoms with Gasteiger partial charge in [-0.05, 0) is 44.6 Å². The fraction of sp³-hybridized carbons (Fsp3) is 0.417. The molecule has 3 aromatic rings. The van der Waals surface area contributed by atoms with Crippen molar-refractivity contribution in [1.82, 2.24) is 19.7 Å². The summed E-state index contributed by atoms with van der Waals surface area (Å²) in [6.45, 7) is 8.02. The van der Waals surface area contributed by atoms with E-state index in [2.05, 4.69) is 34.1 Å². The molecule has 0 saturated heterocycles. The summed E-state index contributed by atoms with van der Waals surface area (Å²) < 4.78 is 32.5. The molecule has 2 aromatic carbocycles. The summed E-state index contributed by atoms with van der Waals surface area (Å²) in [6.07, 6.45) is 1.96. The molecule has 10 heteroatoms. The fourth-order valence-electron chi connectivity index (χ4n) is 3.55. The summed E-state index contributed by atoms with van der Waals surface area (Å²) in [5, 5.41) is 7.35. The van der Waals surface area contributed by atoms with Crippen molar-refractivity contribution in [2.45, 2.75) is 26.7 Å². The molecular formula is C24H33FN6O3. The molecule has 1 heterocycles. The second kappa shape index (κ2) is 12.1. The zero-order valence-corrected chi connectivity index (χ0v) is 20.2. The van der Waals surface area contributed by atoms with Gasteiger partial charge in [-0.1, -0.05) is 26.0 Å². The van der Waals surface area contributed by atoms with E-state index in [1.807, 2.05) is 0 Å². The van der Waals surface area contributed by atoms with Gasteiger partial charge < -0.3 is 30.2 Å². The number of anilines is 3. The molecule has 3 rings (SSSR count). The second-order valence-corrected chi connectivity index (χ2v) is 7.57. The van der Waals surface area contributed by atoms with Crippen LogP contribution < -0.4 is 25.3 Å². The van der Waals surface area contributed by atoms with Crippen LogP contribution in [0.15, 0.2) is 36.4 Å². The first-order valence-corrected chi connectivity index (χ1v) is 11.4. The Hall–Kier alpha value is -3.53. The summed E-state index contributed by atoms with van der Waals surface area (Å²) in [5.41, 5.74) is 6.77. The molecule has 0 aliphatic rings. The third kappa shape index (κ3) is 6.07. The van der Waals surface area contributed by atoms with Gasteiger partial charge in [-0.2, -0.15) is 9.67 Å². The Morgan fingerprint density at radius 3 is 2.35 bits per heavy atom. The number of unbranched alkanes of at least 4 members (excludes halogenated alkanes) is 1. The zero-order chi connectivity index (χ0) is 24.5. The second-order valence-electron chi connectivity index (χ2n) is 7.57. The van der Waals surface area contributed by atoms with Crippen LogP contribution >= 0.6 is 0 Å². The van der Waals surface area contributed by atoms with Crippen molar-refractivity contribution >= 4 is 17.6 Å². The SMILES string of the molecule is CCN(CC)CCCCOc1c(OC)cc(Nc2nc(N)n(-c3ccccc3F)n2)cc1OC. The number of halogens is 1. The maximum absolute atomic E-state index is 14.1. The van der Waals surface area contributed by atoms with Crippen molar-refractivity contribution in [2.24, 2.45) is 0 Å². The van der Waals surface area contributed by atoms with Crippen molar-refractivity contribution in [1.29, 1.82) is 0 Å². The maximum Gasteiger partial charge on any atom is 0.248 e. The first-order valence-electron chi connectivity index (χ1n) is 11.4. The average molecular weight is 473 g/mol. The minimum Gasteiger partial charge on any atom is -0.493 e. The molecule has 0 aliphatic heterocycles. The molecule has 34 heavy (non-hydrogen) atoms. The number of hydrogen-bond donors (Lipinski definition) is 2. The van der Waals surface area contributed by atoms with E-state index in [4.69, 9.17) is 19.9 Å². The predicted octanol–water partition coefficient (Wildman–Crippen LogP) is 4.25. The number of rotatable bonds is 13. The van der Waals surface area contributed by atoms with Gasteiger partial charge in [0.15, 0.2) is 11.5 Å². The molecule has 0 amide bonds. The first kappa shape index (κ1) is 25.1. The minimum atomic E-state index is -0.451. The topological polar surface area (TPSA) is 99.7 Å². The van der Waals surface area contributed by atoms with Crippen LogP contribution in [0.1, 0.15) is 26.7 Å². The van der Waals surface area contributed by atoms with Crippen LogP contribution in [0.4, 0.5) is 22.0 Å². The summed E-state index contributed by atoms with van der Waals surface area (Å²) in [4.78, 5) is 6.57. The van der Waals surface area contributed by atoms with Crippen molar-refractivity contribution in [3.8, 4) is 22.9 Å². The van der Waals surface area contributed by atoms with Gasteiger partial charge in [0.2, 0.25) is 17.6 Å². The van der Waals surface area contributed by atoms with Crippen LogP contribution in [0.3, 0.4) is 0 Å². The molecule has 0 atom stereocenters. The van der Waals surface area contributed by atoms with E-state index in [0.717, 1.165) is 32.5 Å². The number of nitrogen functional groups attached to an aromatic ring is 1. The number of benzene rings is 2. The van der Waals surface area contributed by atoms with E-state index in [9.17, 15) is 4.39 Å². The average Bonchev–Trinajstić information content (AvgIpc) is 3.21. The summed E-state index contributed by atoms with van der Waals surface area (Å²) in [5.74, 6) is 1.35. The van der Waals surface area contributed by atoms with Crippen LogP contribution in [0.5, 0.6) is 17.2 Å². The third-order valence-corrected chi connectivity index (χ3v) is 5.44. The number of para-hydroxylation sites is 1. The van der Waals surface area contributed by atoms with E-state index >= 15 is 0 Å². The van der Waals surface area contributed by atoms with E-state index in [-0.39, 0.29) is 17.6 Å². The summed E-state index contributed by atoms with van der Waals surface area (Å²) in [6, 6.07) is 9.72. The van der Waals surface area contributed by atoms with Crippen molar-refractivity contribution < 1.29 is 18.6 Å². The molecule has 0 spiro atoms. The zero-order valence-electron chi connectivity index (χ0n) is 20.2. The largest absolute Gasteiger partial charge is 0.493 e. The lowest BCUT2D eigenvalue weighted by Gasteiger charge is -2.18. The lowest BCUT2D eigenvalue weighted by Crippen LogP contribution is -2.24. The molecule has 0 bridgehead atoms. The number of hydrogen-bond acceptors (Lipinski definition) is 8. The minimum absolute atomic E-state index is 0.0520. The lowest BCUT2D eigenvalue weighted by atomic mass is 10.2. The van der Waals surface area contributed by atoms with Crippen LogP contribution in [0, 0.1) is 5.82 Å². The number of aromatic nitrogens is 3. The van der Waals surface area contributed by atoms with Crippen LogP contribution in [0.2, 0.25) is 0 Å². The molecule has 0 saturated carbocycles. The van der Waals surface area contributed by atoms with E-state index in [0.29, 0.717) is 29.5 Å². The first-order chi connectivity index (χ1) is 16.5. The van der Waals surface area contributed by atoms with Crippen LogP contribution in [0.25, 0.3) is 5.69 Å². The van der Waals surface area contributed by atoms with Gasteiger partial charge in [-0.3, -0.25) is 0 Å². The number of nitrogens with two attached hydrogens (primary N) is 1. The number of methoxy groups -OCH3 is 2. The predicted molar refractivity (Wildman–Crippen MR) is 131 cm³/mol. The normalized spacial score (nSPS) is 11.0. The molecule has 3 N–H and O–H groups in total. The Morgan fingerprint density at radius 2 is 1.74 bits per heavy atom. The van der Waals surface area contributed by atoms with Gasteiger partial charge in [0, 0.05) is 17.8 Å². The standard InChI is InChI=1S/C24H33FN6O3/c1-5-30(6-2)13-9-10-14-34-22-20(32-3)15-17(16-21(22)33-4)27-24-28-23(26)31(29-24)19-12-8-7-11-18(19)25/h7-8,11-12,15-16H,5-6,9-10,13-14H2,1-4H3,(H3,26,27,28,29). The highest BCUT2D eigenvalue weighted by atomic mass is 19.1. The van der Waals surface area contributed by atoms with Crippen molar-refractivity contribution in [2.75, 3.05) is 51.5 Å². The Balaban J connectivity index is 1.72. The van der Waals surface area contributed by atoms with Crippen molar-refractivity contribution in [3.63, 3.8) is 0 Å². The Bertz CT molecular complexity index is 1050. The molecule has 0 unspecified atom stereocenters. The molecular weight excluding hydrogens is 439 g/mol. The maximum atomic E-state index is 14.1. The van der Waals surface area contributed by atoms with Gasteiger partial charge >= 0.3 is 0 Å². The Labute approximate surface area is 199 Å². The summed E-state index contributed by atoms with van der Waals surface area (Å²) >= 11 is 0. The molecule has 0 aliphatic carbocycles. The van der Waals surface area contributed by atoms with Gasteiger partial charge in [-0.25, -0.2) is 4.39 Å². The molecule has 1 aromatic heterocycles. The molecule has 0 radical (unpaired) electrons. The highest BCUT2D eigenvalue weighted by Crippen LogP contribution is 2.41. The van der Waals surface area contributed by atoms with E-state index in [1.165, 1.54) is 10.7 Å². The van der Waals surface area contributed by atoms with Gasteiger partial charge in [0.25, 0.3) is 0 Å². The molecule has 9 nitrogen and oxygen atoms in total. The smallest absolute Gasteiger partial charge is 0.248 e. The molecule has 0 fully saturated rings. The highest BCUT2D eigenvalue weighted by Gasteiger charge is 2.17. The number of nitrogens with zero attached hydrogens (tertiary/aromatic N) is 4. The third-order valence-electron chi connectivity index (χ3n) is 5.44. The number of nitrogens with one attached hydrogen (secondary N) is 1. The highest BCUT2D eigenvalue weighted by molar-refractivity contribution is 5.66. The van der Waals surface area contributed by atoms with Crippen molar-refractivity contribution in [3.05, 3.63) is 42.2 Å². The van der Waals surface area contributed by atoms with Gasteiger partial charge in [-0.15, -0.1) is 5.10 Å². The monoisotopic (exact) mass is 472 g/mol. The Kier molecular flexibility index (Phi) is 8.92. The van der Waals surface area contributed by atoms with E-state index < -0.39 is 5.82 Å². The lowest BCUT2D eigenvalue weighted by molar-refractivity contribution is 0.250.